The molecule has 0 aromatic carbocycles. The number of nitrogens with zero attached hydrogens (tertiary/aromatic N) is 1. The molecule has 0 aromatic heterocycles. The summed E-state index contributed by atoms with van der Waals surface area (Å²) in [7, 11) is 1.94. The van der Waals surface area contributed by atoms with Crippen LogP contribution in [0.5, 0.6) is 0 Å². The van der Waals surface area contributed by atoms with Crippen LogP contribution < -0.4 is 11.1 Å². The van der Waals surface area contributed by atoms with Gasteiger partial charge >= 0.3 is 0 Å². The molecule has 108 valence electrons. The zero-order valence-corrected chi connectivity index (χ0v) is 12.2. The van der Waals surface area contributed by atoms with Crippen LogP contribution in [0, 0.1) is 5.92 Å². The molecule has 0 fully saturated rings. The Morgan fingerprint density at radius 3 is 2.61 bits per heavy atom. The first-order valence-electron chi connectivity index (χ1n) is 6.76. The number of rotatable bonds is 10. The molecule has 1 atom stereocenters. The summed E-state index contributed by atoms with van der Waals surface area (Å²) >= 11 is 0. The van der Waals surface area contributed by atoms with Crippen molar-refractivity contribution in [2.75, 3.05) is 39.8 Å². The SMILES string of the molecule is CCOC(CN)CCN(C)CC(=O)NCC(C)C. The van der Waals surface area contributed by atoms with Gasteiger partial charge < -0.3 is 15.8 Å². The van der Waals surface area contributed by atoms with Gasteiger partial charge in [0.1, 0.15) is 0 Å². The van der Waals surface area contributed by atoms with Crippen molar-refractivity contribution in [1.82, 2.24) is 10.2 Å². The van der Waals surface area contributed by atoms with Gasteiger partial charge in [-0.1, -0.05) is 13.8 Å². The van der Waals surface area contributed by atoms with E-state index in [9.17, 15) is 4.79 Å². The van der Waals surface area contributed by atoms with Crippen LogP contribution in [0.2, 0.25) is 0 Å². The largest absolute Gasteiger partial charge is 0.377 e. The summed E-state index contributed by atoms with van der Waals surface area (Å²) in [6.07, 6.45) is 0.953. The number of hydrogen-bond donors (Lipinski definition) is 2. The van der Waals surface area contributed by atoms with Crippen LogP contribution in [0.15, 0.2) is 0 Å². The van der Waals surface area contributed by atoms with Crippen molar-refractivity contribution in [3.8, 4) is 0 Å². The molecule has 0 spiro atoms. The van der Waals surface area contributed by atoms with Crippen LogP contribution >= 0.6 is 0 Å². The third kappa shape index (κ3) is 9.39. The maximum Gasteiger partial charge on any atom is 0.234 e. The van der Waals surface area contributed by atoms with Crippen molar-refractivity contribution >= 4 is 5.91 Å². The molecule has 1 unspecified atom stereocenters. The van der Waals surface area contributed by atoms with E-state index in [1.54, 1.807) is 0 Å². The molecule has 5 heteroatoms. The maximum absolute atomic E-state index is 11.6. The van der Waals surface area contributed by atoms with Crippen LogP contribution in [-0.2, 0) is 9.53 Å². The molecule has 0 aliphatic rings. The summed E-state index contributed by atoms with van der Waals surface area (Å²) in [5.74, 6) is 0.561. The highest BCUT2D eigenvalue weighted by molar-refractivity contribution is 5.77. The van der Waals surface area contributed by atoms with E-state index >= 15 is 0 Å². The van der Waals surface area contributed by atoms with Gasteiger partial charge in [-0.3, -0.25) is 9.69 Å². The third-order valence-corrected chi connectivity index (χ3v) is 2.62. The van der Waals surface area contributed by atoms with Gasteiger partial charge in [0, 0.05) is 26.2 Å². The summed E-state index contributed by atoms with van der Waals surface area (Å²) < 4.78 is 5.47. The van der Waals surface area contributed by atoms with Crippen molar-refractivity contribution in [2.45, 2.75) is 33.3 Å². The van der Waals surface area contributed by atoms with Gasteiger partial charge in [-0.05, 0) is 26.3 Å². The Morgan fingerprint density at radius 2 is 2.11 bits per heavy atom. The van der Waals surface area contributed by atoms with Crippen LogP contribution in [0.25, 0.3) is 0 Å². The van der Waals surface area contributed by atoms with Crippen molar-refractivity contribution < 1.29 is 9.53 Å². The second-order valence-electron chi connectivity index (χ2n) is 5.04. The van der Waals surface area contributed by atoms with Crippen molar-refractivity contribution in [3.63, 3.8) is 0 Å². The molecule has 1 amide bonds. The van der Waals surface area contributed by atoms with Crippen LogP contribution in [0.3, 0.4) is 0 Å². The molecule has 0 aliphatic carbocycles. The van der Waals surface area contributed by atoms with E-state index in [0.29, 0.717) is 25.6 Å². The maximum atomic E-state index is 11.6. The molecule has 0 aromatic rings. The first-order chi connectivity index (χ1) is 8.49. The van der Waals surface area contributed by atoms with Crippen molar-refractivity contribution in [2.24, 2.45) is 11.7 Å². The van der Waals surface area contributed by atoms with E-state index in [1.165, 1.54) is 0 Å². The predicted molar refractivity (Wildman–Crippen MR) is 74.4 cm³/mol. The first kappa shape index (κ1) is 17.4. The highest BCUT2D eigenvalue weighted by atomic mass is 16.5. The predicted octanol–water partition coefficient (Wildman–Crippen LogP) is 0.444. The number of ether oxygens (including phenoxy) is 1. The van der Waals surface area contributed by atoms with Gasteiger partial charge in [0.2, 0.25) is 5.91 Å². The molecule has 18 heavy (non-hydrogen) atoms. The molecule has 0 bridgehead atoms. The fourth-order valence-corrected chi connectivity index (χ4v) is 1.57. The van der Waals surface area contributed by atoms with E-state index in [-0.39, 0.29) is 12.0 Å². The lowest BCUT2D eigenvalue weighted by Gasteiger charge is -2.20. The lowest BCUT2D eigenvalue weighted by atomic mass is 10.2. The second kappa shape index (κ2) is 10.3. The average Bonchev–Trinajstić information content (AvgIpc) is 2.31. The minimum Gasteiger partial charge on any atom is -0.377 e. The van der Waals surface area contributed by atoms with Gasteiger partial charge in [0.15, 0.2) is 0 Å². The zero-order valence-electron chi connectivity index (χ0n) is 12.2. The highest BCUT2D eigenvalue weighted by Crippen LogP contribution is 1.98. The Balaban J connectivity index is 3.75. The van der Waals surface area contributed by atoms with E-state index in [4.69, 9.17) is 10.5 Å². The second-order valence-corrected chi connectivity index (χ2v) is 5.04. The lowest BCUT2D eigenvalue weighted by molar-refractivity contribution is -0.122. The summed E-state index contributed by atoms with van der Waals surface area (Å²) in [6.45, 7) is 9.31. The van der Waals surface area contributed by atoms with Crippen LogP contribution in [0.4, 0.5) is 0 Å². The first-order valence-corrected chi connectivity index (χ1v) is 6.76. The minimum absolute atomic E-state index is 0.0758. The molecule has 5 nitrogen and oxygen atoms in total. The molecular weight excluding hydrogens is 230 g/mol. The lowest BCUT2D eigenvalue weighted by Crippen LogP contribution is -2.38. The quantitative estimate of drug-likeness (QED) is 0.597. The number of carbonyl (C=O) groups is 1. The molecule has 0 rings (SSSR count). The molecule has 0 saturated carbocycles. The summed E-state index contributed by atoms with van der Waals surface area (Å²) in [6, 6.07) is 0. The molecule has 0 saturated heterocycles. The average molecular weight is 259 g/mol. The van der Waals surface area contributed by atoms with Gasteiger partial charge in [0.25, 0.3) is 0 Å². The van der Waals surface area contributed by atoms with E-state index in [2.05, 4.69) is 19.2 Å². The normalized spacial score (nSPS) is 13.1. The van der Waals surface area contributed by atoms with Gasteiger partial charge in [0.05, 0.1) is 12.6 Å². The number of hydrogen-bond acceptors (Lipinski definition) is 4. The molecule has 0 heterocycles. The van der Waals surface area contributed by atoms with Gasteiger partial charge in [-0.15, -0.1) is 0 Å². The third-order valence-electron chi connectivity index (χ3n) is 2.62. The van der Waals surface area contributed by atoms with Crippen molar-refractivity contribution in [3.05, 3.63) is 0 Å². The number of carbonyl (C=O) groups excluding carboxylic acids is 1. The van der Waals surface area contributed by atoms with Gasteiger partial charge in [-0.2, -0.15) is 0 Å². The molecule has 0 radical (unpaired) electrons. The van der Waals surface area contributed by atoms with E-state index in [1.807, 2.05) is 18.9 Å². The fraction of sp³-hybridized carbons (Fsp3) is 0.923. The Labute approximate surface area is 111 Å². The standard InChI is InChI=1S/C13H29N3O2/c1-5-18-12(8-14)6-7-16(4)10-13(17)15-9-11(2)3/h11-12H,5-10,14H2,1-4H3,(H,15,17). The monoisotopic (exact) mass is 259 g/mol. The Hall–Kier alpha value is -0.650. The topological polar surface area (TPSA) is 67.6 Å². The summed E-state index contributed by atoms with van der Waals surface area (Å²) in [4.78, 5) is 13.6. The van der Waals surface area contributed by atoms with E-state index in [0.717, 1.165) is 19.5 Å². The summed E-state index contributed by atoms with van der Waals surface area (Å²) in [5.41, 5.74) is 5.60. The van der Waals surface area contributed by atoms with Crippen LogP contribution in [-0.4, -0.2) is 56.7 Å². The molecule has 3 N–H and O–H groups in total. The Kier molecular flexibility index (Phi) is 9.92. The highest BCUT2D eigenvalue weighted by Gasteiger charge is 2.10. The smallest absolute Gasteiger partial charge is 0.234 e. The fourth-order valence-electron chi connectivity index (χ4n) is 1.57. The summed E-state index contributed by atoms with van der Waals surface area (Å²) in [5, 5.41) is 2.90. The number of amides is 1. The van der Waals surface area contributed by atoms with Gasteiger partial charge in [-0.25, -0.2) is 0 Å². The Morgan fingerprint density at radius 1 is 1.44 bits per heavy atom. The van der Waals surface area contributed by atoms with E-state index < -0.39 is 0 Å². The minimum atomic E-state index is 0.0758. The molecule has 0 aliphatic heterocycles. The number of nitrogens with two attached hydrogens (primary N) is 1. The molecular formula is C13H29N3O2. The number of nitrogens with one attached hydrogen (secondary N) is 1. The zero-order chi connectivity index (χ0) is 14.0. The van der Waals surface area contributed by atoms with Crippen LogP contribution in [0.1, 0.15) is 27.2 Å². The van der Waals surface area contributed by atoms with Crippen molar-refractivity contribution in [1.29, 1.82) is 0 Å². The number of likely N-dealkylation sites (N-methyl/N-ethyl adjacent to an activating group) is 1. The Bertz CT molecular complexity index is 222.